The molecule has 2 heterocycles. The molecule has 1 aromatic heterocycles. The third-order valence-corrected chi connectivity index (χ3v) is 3.97. The van der Waals surface area contributed by atoms with Gasteiger partial charge in [0, 0.05) is 42.2 Å². The molecule has 0 aliphatic carbocycles. The minimum Gasteiger partial charge on any atom is -0.355 e. The summed E-state index contributed by atoms with van der Waals surface area (Å²) in [6.07, 6.45) is 1.32. The Labute approximate surface area is 119 Å². The van der Waals surface area contributed by atoms with E-state index in [0.717, 1.165) is 36.0 Å². The van der Waals surface area contributed by atoms with E-state index in [4.69, 9.17) is 0 Å². The number of halogens is 1. The summed E-state index contributed by atoms with van der Waals surface area (Å²) in [5.41, 5.74) is 0.961. The van der Waals surface area contributed by atoms with Gasteiger partial charge in [0.05, 0.1) is 6.20 Å². The van der Waals surface area contributed by atoms with Gasteiger partial charge in [0.15, 0.2) is 0 Å². The van der Waals surface area contributed by atoms with Gasteiger partial charge in [-0.2, -0.15) is 11.8 Å². The van der Waals surface area contributed by atoms with Gasteiger partial charge < -0.3 is 10.2 Å². The lowest BCUT2D eigenvalue weighted by Gasteiger charge is -2.30. The van der Waals surface area contributed by atoms with Gasteiger partial charge in [0.1, 0.15) is 11.6 Å². The zero-order valence-corrected chi connectivity index (χ0v) is 12.7. The lowest BCUT2D eigenvalue weighted by Crippen LogP contribution is -2.37. The van der Waals surface area contributed by atoms with E-state index in [1.165, 1.54) is 6.20 Å². The van der Waals surface area contributed by atoms with Crippen molar-refractivity contribution in [1.29, 1.82) is 0 Å². The Kier molecular flexibility index (Phi) is 4.68. The summed E-state index contributed by atoms with van der Waals surface area (Å²) in [6.45, 7) is 8.95. The third kappa shape index (κ3) is 4.35. The molecule has 0 amide bonds. The van der Waals surface area contributed by atoms with Crippen LogP contribution in [0.25, 0.3) is 0 Å². The van der Waals surface area contributed by atoms with Gasteiger partial charge >= 0.3 is 0 Å². The van der Waals surface area contributed by atoms with Crippen molar-refractivity contribution in [3.8, 4) is 0 Å². The van der Waals surface area contributed by atoms with E-state index >= 15 is 0 Å². The molecule has 19 heavy (non-hydrogen) atoms. The molecule has 106 valence electrons. The van der Waals surface area contributed by atoms with Crippen LogP contribution >= 0.6 is 11.8 Å². The predicted molar refractivity (Wildman–Crippen MR) is 80.3 cm³/mol. The highest BCUT2D eigenvalue weighted by Crippen LogP contribution is 2.22. The number of pyridine rings is 1. The molecule has 0 spiro atoms. The highest BCUT2D eigenvalue weighted by molar-refractivity contribution is 7.99. The lowest BCUT2D eigenvalue weighted by atomic mass is 10.1. The standard InChI is InChI=1S/C14H22FN3S/c1-14(2,3)17-9-11-8-12(15)10-16-13(11)18-4-6-19-7-5-18/h8,10,17H,4-7,9H2,1-3H3. The molecule has 2 rings (SSSR count). The lowest BCUT2D eigenvalue weighted by molar-refractivity contribution is 0.423. The van der Waals surface area contributed by atoms with E-state index in [1.807, 2.05) is 11.8 Å². The normalized spacial score (nSPS) is 16.7. The first-order chi connectivity index (χ1) is 8.96. The van der Waals surface area contributed by atoms with E-state index in [2.05, 4.69) is 36.0 Å². The molecule has 0 bridgehead atoms. The summed E-state index contributed by atoms with van der Waals surface area (Å²) in [6, 6.07) is 1.60. The number of nitrogens with one attached hydrogen (secondary N) is 1. The quantitative estimate of drug-likeness (QED) is 0.923. The fraction of sp³-hybridized carbons (Fsp3) is 0.643. The molecular formula is C14H22FN3S. The van der Waals surface area contributed by atoms with Crippen molar-refractivity contribution in [2.24, 2.45) is 0 Å². The molecule has 1 N–H and O–H groups in total. The van der Waals surface area contributed by atoms with Crippen LogP contribution in [0.3, 0.4) is 0 Å². The maximum Gasteiger partial charge on any atom is 0.141 e. The minimum absolute atomic E-state index is 0.0152. The highest BCUT2D eigenvalue weighted by atomic mass is 32.2. The summed E-state index contributed by atoms with van der Waals surface area (Å²) in [7, 11) is 0. The van der Waals surface area contributed by atoms with Gasteiger partial charge in [-0.05, 0) is 26.8 Å². The largest absolute Gasteiger partial charge is 0.355 e. The number of aromatic nitrogens is 1. The van der Waals surface area contributed by atoms with Gasteiger partial charge in [0.25, 0.3) is 0 Å². The first kappa shape index (κ1) is 14.6. The molecule has 0 saturated carbocycles. The Morgan fingerprint density at radius 3 is 2.68 bits per heavy atom. The van der Waals surface area contributed by atoms with E-state index < -0.39 is 0 Å². The van der Waals surface area contributed by atoms with Gasteiger partial charge in [-0.3, -0.25) is 0 Å². The zero-order valence-electron chi connectivity index (χ0n) is 11.9. The van der Waals surface area contributed by atoms with Crippen molar-refractivity contribution < 1.29 is 4.39 Å². The second kappa shape index (κ2) is 6.09. The molecule has 1 aliphatic heterocycles. The highest BCUT2D eigenvalue weighted by Gasteiger charge is 2.18. The predicted octanol–water partition coefficient (Wildman–Crippen LogP) is 2.66. The number of hydrogen-bond acceptors (Lipinski definition) is 4. The molecule has 3 nitrogen and oxygen atoms in total. The number of anilines is 1. The molecule has 1 saturated heterocycles. The van der Waals surface area contributed by atoms with Crippen LogP contribution in [0.1, 0.15) is 26.3 Å². The summed E-state index contributed by atoms with van der Waals surface area (Å²) in [4.78, 5) is 6.56. The average molecular weight is 283 g/mol. The van der Waals surface area contributed by atoms with Gasteiger partial charge in [0.2, 0.25) is 0 Å². The summed E-state index contributed by atoms with van der Waals surface area (Å²) in [5, 5.41) is 3.41. The van der Waals surface area contributed by atoms with Crippen LogP contribution in [0, 0.1) is 5.82 Å². The van der Waals surface area contributed by atoms with Gasteiger partial charge in [-0.25, -0.2) is 9.37 Å². The maximum atomic E-state index is 13.4. The van der Waals surface area contributed by atoms with Crippen molar-refractivity contribution >= 4 is 17.6 Å². The Balaban J connectivity index is 2.17. The second-order valence-electron chi connectivity index (χ2n) is 5.84. The first-order valence-corrected chi connectivity index (χ1v) is 7.83. The number of thioether (sulfide) groups is 1. The summed E-state index contributed by atoms with van der Waals surface area (Å²) >= 11 is 1.96. The van der Waals surface area contributed by atoms with E-state index in [9.17, 15) is 4.39 Å². The summed E-state index contributed by atoms with van der Waals surface area (Å²) < 4.78 is 13.4. The second-order valence-corrected chi connectivity index (χ2v) is 7.06. The molecule has 5 heteroatoms. The van der Waals surface area contributed by atoms with Crippen LogP contribution in [0.2, 0.25) is 0 Å². The molecule has 1 fully saturated rings. The Hall–Kier alpha value is -0.810. The molecule has 1 aliphatic rings. The van der Waals surface area contributed by atoms with Crippen LogP contribution < -0.4 is 10.2 Å². The smallest absolute Gasteiger partial charge is 0.141 e. The SMILES string of the molecule is CC(C)(C)NCc1cc(F)cnc1N1CCSCC1. The first-order valence-electron chi connectivity index (χ1n) is 6.68. The average Bonchev–Trinajstić information content (AvgIpc) is 2.37. The molecule has 0 unspecified atom stereocenters. The van der Waals surface area contributed by atoms with E-state index in [1.54, 1.807) is 6.07 Å². The third-order valence-electron chi connectivity index (χ3n) is 3.03. The fourth-order valence-corrected chi connectivity index (χ4v) is 2.93. The maximum absolute atomic E-state index is 13.4. The Morgan fingerprint density at radius 1 is 1.37 bits per heavy atom. The molecule has 0 aromatic carbocycles. The van der Waals surface area contributed by atoms with Crippen LogP contribution in [0.4, 0.5) is 10.2 Å². The van der Waals surface area contributed by atoms with Crippen molar-refractivity contribution in [2.45, 2.75) is 32.9 Å². The monoisotopic (exact) mass is 283 g/mol. The van der Waals surface area contributed by atoms with E-state index in [-0.39, 0.29) is 11.4 Å². The molecule has 0 radical (unpaired) electrons. The molecular weight excluding hydrogens is 261 g/mol. The number of nitrogens with zero attached hydrogens (tertiary/aromatic N) is 2. The van der Waals surface area contributed by atoms with Gasteiger partial charge in [-0.15, -0.1) is 0 Å². The Morgan fingerprint density at radius 2 is 2.05 bits per heavy atom. The van der Waals surface area contributed by atoms with Crippen molar-refractivity contribution in [3.63, 3.8) is 0 Å². The van der Waals surface area contributed by atoms with Crippen LogP contribution in [-0.4, -0.2) is 35.1 Å². The zero-order chi connectivity index (χ0) is 13.9. The minimum atomic E-state index is -0.263. The van der Waals surface area contributed by atoms with Gasteiger partial charge in [-0.1, -0.05) is 0 Å². The molecule has 1 aromatic rings. The summed E-state index contributed by atoms with van der Waals surface area (Å²) in [5.74, 6) is 2.90. The van der Waals surface area contributed by atoms with Crippen LogP contribution in [0.5, 0.6) is 0 Å². The topological polar surface area (TPSA) is 28.2 Å². The number of rotatable bonds is 3. The fourth-order valence-electron chi connectivity index (χ4n) is 2.02. The number of hydrogen-bond donors (Lipinski definition) is 1. The molecule has 0 atom stereocenters. The van der Waals surface area contributed by atoms with Crippen molar-refractivity contribution in [3.05, 3.63) is 23.6 Å². The Bertz CT molecular complexity index is 425. The van der Waals surface area contributed by atoms with Crippen molar-refractivity contribution in [2.75, 3.05) is 29.5 Å². The van der Waals surface area contributed by atoms with Crippen molar-refractivity contribution in [1.82, 2.24) is 10.3 Å². The van der Waals surface area contributed by atoms with Crippen LogP contribution in [-0.2, 0) is 6.54 Å². The van der Waals surface area contributed by atoms with E-state index in [0.29, 0.717) is 6.54 Å². The van der Waals surface area contributed by atoms with Crippen LogP contribution in [0.15, 0.2) is 12.3 Å².